The maximum Gasteiger partial charge on any atom is 0.243 e. The Morgan fingerprint density at radius 1 is 1.07 bits per heavy atom. The molecule has 0 bridgehead atoms. The van der Waals surface area contributed by atoms with Crippen LogP contribution in [0.2, 0.25) is 5.02 Å². The number of aliphatic hydroxyl groups excluding tert-OH is 1. The number of fused-ring (bicyclic) bond motifs is 1. The Hall–Kier alpha value is -3.63. The number of hydrogen-bond acceptors (Lipinski definition) is 5. The number of halogens is 1. The van der Waals surface area contributed by atoms with Gasteiger partial charge in [-0.1, -0.05) is 54.9 Å². The van der Waals surface area contributed by atoms with Crippen molar-refractivity contribution in [3.05, 3.63) is 100 Å². The lowest BCUT2D eigenvalue weighted by atomic mass is 10.0. The highest BCUT2D eigenvalue weighted by atomic mass is 35.5. The summed E-state index contributed by atoms with van der Waals surface area (Å²) in [6.45, 7) is 7.19. The van der Waals surface area contributed by atoms with Crippen molar-refractivity contribution in [2.75, 3.05) is 6.61 Å². The molecule has 0 aliphatic rings. The van der Waals surface area contributed by atoms with Crippen molar-refractivity contribution in [2.24, 2.45) is 0 Å². The largest absolute Gasteiger partial charge is 0.494 e. The van der Waals surface area contributed by atoms with Crippen LogP contribution in [0.5, 0.6) is 5.75 Å². The molecule has 8 nitrogen and oxygen atoms in total. The third-order valence-electron chi connectivity index (χ3n) is 7.25. The van der Waals surface area contributed by atoms with Crippen LogP contribution < -0.4 is 9.46 Å². The first-order valence-electron chi connectivity index (χ1n) is 14.0. The van der Waals surface area contributed by atoms with Crippen LogP contribution in [0.15, 0.2) is 77.8 Å². The van der Waals surface area contributed by atoms with E-state index in [0.29, 0.717) is 25.1 Å². The summed E-state index contributed by atoms with van der Waals surface area (Å²) in [6.07, 6.45) is 2.39. The molecule has 0 radical (unpaired) electrons. The van der Waals surface area contributed by atoms with Gasteiger partial charge >= 0.3 is 0 Å². The summed E-state index contributed by atoms with van der Waals surface area (Å²) >= 11 is 6.31. The zero-order chi connectivity index (χ0) is 29.9. The Labute approximate surface area is 251 Å². The van der Waals surface area contributed by atoms with Gasteiger partial charge in [-0.15, -0.1) is 0 Å². The van der Waals surface area contributed by atoms with Crippen LogP contribution in [-0.2, 0) is 23.0 Å². The van der Waals surface area contributed by atoms with Crippen molar-refractivity contribution >= 4 is 32.5 Å². The highest BCUT2D eigenvalue weighted by Gasteiger charge is 2.25. The van der Waals surface area contributed by atoms with Gasteiger partial charge in [-0.3, -0.25) is 4.68 Å². The van der Waals surface area contributed by atoms with Crippen LogP contribution in [0.25, 0.3) is 22.2 Å². The van der Waals surface area contributed by atoms with Crippen LogP contribution in [0, 0.1) is 13.8 Å². The van der Waals surface area contributed by atoms with Gasteiger partial charge in [-0.25, -0.2) is 8.42 Å². The zero-order valence-electron chi connectivity index (χ0n) is 23.9. The Bertz CT molecular complexity index is 1780. The minimum Gasteiger partial charge on any atom is -0.494 e. The molecule has 1 atom stereocenters. The SMILES string of the molecule is CCCn1nccc1-c1cccc2c(CCCOc3cc(C)c(Cl)c(C)c3)c(C(O)NS(=O)(=O)c3ccccc3)[nH]c12. The summed E-state index contributed by atoms with van der Waals surface area (Å²) in [5.41, 5.74) is 5.80. The standard InChI is InChI=1S/C32H35ClN4O4S/c1-4-17-37-28(15-16-34-37)27-13-8-12-25-26(14-9-18-41-23-19-21(2)29(33)22(3)20-23)31(35-30(25)27)32(38)36-42(39,40)24-10-6-5-7-11-24/h5-8,10-13,15-16,19-20,32,35-36,38H,4,9,14,17-18H2,1-3H3. The molecular weight excluding hydrogens is 572 g/mol. The average Bonchev–Trinajstić information content (AvgIpc) is 3.59. The molecule has 0 fully saturated rings. The molecule has 2 aromatic heterocycles. The van der Waals surface area contributed by atoms with Gasteiger partial charge < -0.3 is 14.8 Å². The average molecular weight is 607 g/mol. The minimum atomic E-state index is -3.97. The van der Waals surface area contributed by atoms with E-state index < -0.39 is 16.3 Å². The molecule has 1 unspecified atom stereocenters. The fourth-order valence-electron chi connectivity index (χ4n) is 5.26. The third kappa shape index (κ3) is 6.24. The van der Waals surface area contributed by atoms with Gasteiger partial charge in [0.1, 0.15) is 5.75 Å². The highest BCUT2D eigenvalue weighted by molar-refractivity contribution is 7.89. The number of aromatic nitrogens is 3. The van der Waals surface area contributed by atoms with Crippen molar-refractivity contribution in [1.29, 1.82) is 0 Å². The molecule has 0 saturated heterocycles. The van der Waals surface area contributed by atoms with Gasteiger partial charge in [-0.05, 0) is 80.1 Å². The number of rotatable bonds is 12. The molecule has 3 N–H and O–H groups in total. The van der Waals surface area contributed by atoms with Crippen LogP contribution in [0.4, 0.5) is 0 Å². The number of aromatic amines is 1. The summed E-state index contributed by atoms with van der Waals surface area (Å²) in [6, 6.07) is 19.8. The molecule has 5 rings (SSSR count). The summed E-state index contributed by atoms with van der Waals surface area (Å²) in [5, 5.41) is 17.4. The predicted octanol–water partition coefficient (Wildman–Crippen LogP) is 6.69. The fourth-order valence-corrected chi connectivity index (χ4v) is 6.44. The summed E-state index contributed by atoms with van der Waals surface area (Å²) in [7, 11) is -3.97. The lowest BCUT2D eigenvalue weighted by molar-refractivity contribution is 0.161. The highest BCUT2D eigenvalue weighted by Crippen LogP contribution is 2.35. The van der Waals surface area contributed by atoms with Crippen molar-refractivity contribution in [3.63, 3.8) is 0 Å². The van der Waals surface area contributed by atoms with Crippen molar-refractivity contribution in [1.82, 2.24) is 19.5 Å². The molecular formula is C32H35ClN4O4S. The number of benzene rings is 3. The lowest BCUT2D eigenvalue weighted by Crippen LogP contribution is -2.29. The van der Waals surface area contributed by atoms with Gasteiger partial charge in [0, 0.05) is 28.7 Å². The van der Waals surface area contributed by atoms with Gasteiger partial charge in [-0.2, -0.15) is 9.82 Å². The van der Waals surface area contributed by atoms with Gasteiger partial charge in [0.25, 0.3) is 0 Å². The molecule has 10 heteroatoms. The molecule has 3 aromatic carbocycles. The topological polar surface area (TPSA) is 109 Å². The summed E-state index contributed by atoms with van der Waals surface area (Å²) < 4.78 is 36.6. The van der Waals surface area contributed by atoms with Gasteiger partial charge in [0.2, 0.25) is 10.0 Å². The number of sulfonamides is 1. The molecule has 5 aromatic rings. The van der Waals surface area contributed by atoms with E-state index in [1.807, 2.05) is 54.9 Å². The molecule has 0 aliphatic heterocycles. The number of ether oxygens (including phenoxy) is 1. The van der Waals surface area contributed by atoms with Gasteiger partial charge in [0.15, 0.2) is 6.23 Å². The smallest absolute Gasteiger partial charge is 0.243 e. The van der Waals surface area contributed by atoms with Crippen LogP contribution in [0.3, 0.4) is 0 Å². The number of H-pyrrole nitrogens is 1. The van der Waals surface area contributed by atoms with Crippen LogP contribution in [0.1, 0.15) is 48.4 Å². The van der Waals surface area contributed by atoms with E-state index in [-0.39, 0.29) is 4.90 Å². The number of para-hydroxylation sites is 1. The van der Waals surface area contributed by atoms with Crippen molar-refractivity contribution in [3.8, 4) is 17.0 Å². The van der Waals surface area contributed by atoms with E-state index >= 15 is 0 Å². The van der Waals surface area contributed by atoms with Crippen molar-refractivity contribution < 1.29 is 18.3 Å². The summed E-state index contributed by atoms with van der Waals surface area (Å²) in [5.74, 6) is 0.746. The van der Waals surface area contributed by atoms with Crippen LogP contribution >= 0.6 is 11.6 Å². The molecule has 0 amide bonds. The summed E-state index contributed by atoms with van der Waals surface area (Å²) in [4.78, 5) is 3.45. The van der Waals surface area contributed by atoms with Crippen molar-refractivity contribution in [2.45, 2.75) is 57.7 Å². The number of aryl methyl sites for hydroxylation is 4. The molecule has 0 aliphatic carbocycles. The fraction of sp³-hybridized carbons (Fsp3) is 0.281. The maximum atomic E-state index is 13.1. The monoisotopic (exact) mass is 606 g/mol. The molecule has 42 heavy (non-hydrogen) atoms. The van der Waals surface area contributed by atoms with Crippen LogP contribution in [-0.4, -0.2) is 34.9 Å². The number of nitrogens with zero attached hydrogens (tertiary/aromatic N) is 2. The van der Waals surface area contributed by atoms with E-state index in [4.69, 9.17) is 16.3 Å². The maximum absolute atomic E-state index is 13.1. The minimum absolute atomic E-state index is 0.0767. The van der Waals surface area contributed by atoms with E-state index in [0.717, 1.165) is 62.6 Å². The second-order valence-electron chi connectivity index (χ2n) is 10.3. The first kappa shape index (κ1) is 29.8. The molecule has 2 heterocycles. The third-order valence-corrected chi connectivity index (χ3v) is 9.27. The first-order valence-corrected chi connectivity index (χ1v) is 15.9. The molecule has 0 saturated carbocycles. The Kier molecular flexibility index (Phi) is 9.03. The second kappa shape index (κ2) is 12.7. The second-order valence-corrected chi connectivity index (χ2v) is 12.4. The number of nitrogens with one attached hydrogen (secondary N) is 2. The Balaban J connectivity index is 1.48. The lowest BCUT2D eigenvalue weighted by Gasteiger charge is -2.15. The number of hydrogen-bond donors (Lipinski definition) is 3. The first-order chi connectivity index (χ1) is 20.2. The predicted molar refractivity (Wildman–Crippen MR) is 166 cm³/mol. The van der Waals surface area contributed by atoms with E-state index in [9.17, 15) is 13.5 Å². The zero-order valence-corrected chi connectivity index (χ0v) is 25.5. The quantitative estimate of drug-likeness (QED) is 0.108. The van der Waals surface area contributed by atoms with E-state index in [1.54, 1.807) is 24.4 Å². The molecule has 220 valence electrons. The molecule has 0 spiro atoms. The Morgan fingerprint density at radius 3 is 2.52 bits per heavy atom. The number of aliphatic hydroxyl groups is 1. The normalized spacial score (nSPS) is 12.6. The Morgan fingerprint density at radius 2 is 1.81 bits per heavy atom. The van der Waals surface area contributed by atoms with E-state index in [1.165, 1.54) is 12.1 Å². The van der Waals surface area contributed by atoms with Gasteiger partial charge in [0.05, 0.1) is 28.4 Å². The van der Waals surface area contributed by atoms with E-state index in [2.05, 4.69) is 21.7 Å².